The molecule has 0 bridgehead atoms. The molecule has 0 saturated carbocycles. The molecule has 4 nitrogen and oxygen atoms in total. The SMILES string of the molecule is CCCn1cc(NCc2cccc(OC)c2)c(C)n1. The minimum atomic E-state index is 0.774. The summed E-state index contributed by atoms with van der Waals surface area (Å²) in [5.74, 6) is 0.887. The lowest BCUT2D eigenvalue weighted by molar-refractivity contribution is 0.414. The molecule has 1 heterocycles. The van der Waals surface area contributed by atoms with Crippen LogP contribution in [0.1, 0.15) is 24.6 Å². The summed E-state index contributed by atoms with van der Waals surface area (Å²) in [5.41, 5.74) is 3.33. The van der Waals surface area contributed by atoms with E-state index in [2.05, 4.69) is 29.6 Å². The van der Waals surface area contributed by atoms with Crippen LogP contribution in [0.2, 0.25) is 0 Å². The summed E-state index contributed by atoms with van der Waals surface area (Å²) in [4.78, 5) is 0. The molecule has 0 unspecified atom stereocenters. The van der Waals surface area contributed by atoms with Crippen molar-refractivity contribution in [2.75, 3.05) is 12.4 Å². The Hall–Kier alpha value is -1.97. The van der Waals surface area contributed by atoms with Crippen LogP contribution in [0, 0.1) is 6.92 Å². The summed E-state index contributed by atoms with van der Waals surface area (Å²) in [6.45, 7) is 5.91. The second kappa shape index (κ2) is 6.27. The minimum absolute atomic E-state index is 0.774. The molecule has 0 saturated heterocycles. The van der Waals surface area contributed by atoms with Crippen molar-refractivity contribution in [1.29, 1.82) is 0 Å². The van der Waals surface area contributed by atoms with E-state index in [9.17, 15) is 0 Å². The Bertz CT molecular complexity index is 534. The summed E-state index contributed by atoms with van der Waals surface area (Å²) >= 11 is 0. The topological polar surface area (TPSA) is 39.1 Å². The van der Waals surface area contributed by atoms with Crippen molar-refractivity contribution in [3.63, 3.8) is 0 Å². The lowest BCUT2D eigenvalue weighted by Gasteiger charge is -2.06. The van der Waals surface area contributed by atoms with Crippen LogP contribution in [0.25, 0.3) is 0 Å². The average molecular weight is 259 g/mol. The molecule has 1 N–H and O–H groups in total. The zero-order chi connectivity index (χ0) is 13.7. The van der Waals surface area contributed by atoms with Crippen LogP contribution in [0.5, 0.6) is 5.75 Å². The van der Waals surface area contributed by atoms with E-state index in [1.54, 1.807) is 7.11 Å². The van der Waals surface area contributed by atoms with Crippen molar-refractivity contribution in [3.05, 3.63) is 41.7 Å². The second-order valence-electron chi connectivity index (χ2n) is 4.60. The normalized spacial score (nSPS) is 10.5. The Morgan fingerprint density at radius 3 is 2.95 bits per heavy atom. The monoisotopic (exact) mass is 259 g/mol. The molecule has 0 fully saturated rings. The molecule has 0 aliphatic rings. The number of anilines is 1. The van der Waals surface area contributed by atoms with E-state index in [-0.39, 0.29) is 0 Å². The number of hydrogen-bond acceptors (Lipinski definition) is 3. The van der Waals surface area contributed by atoms with Gasteiger partial charge in [0.05, 0.1) is 18.5 Å². The van der Waals surface area contributed by atoms with Crippen LogP contribution in [0.15, 0.2) is 30.5 Å². The number of rotatable bonds is 6. The lowest BCUT2D eigenvalue weighted by Crippen LogP contribution is -2.00. The number of nitrogens with zero attached hydrogens (tertiary/aromatic N) is 2. The van der Waals surface area contributed by atoms with E-state index < -0.39 is 0 Å². The smallest absolute Gasteiger partial charge is 0.119 e. The third-order valence-electron chi connectivity index (χ3n) is 3.02. The number of methoxy groups -OCH3 is 1. The molecule has 0 atom stereocenters. The number of hydrogen-bond donors (Lipinski definition) is 1. The molecule has 4 heteroatoms. The maximum absolute atomic E-state index is 5.22. The lowest BCUT2D eigenvalue weighted by atomic mass is 10.2. The van der Waals surface area contributed by atoms with E-state index >= 15 is 0 Å². The van der Waals surface area contributed by atoms with Gasteiger partial charge in [0.2, 0.25) is 0 Å². The highest BCUT2D eigenvalue weighted by atomic mass is 16.5. The number of ether oxygens (including phenoxy) is 1. The summed E-state index contributed by atoms with van der Waals surface area (Å²) in [6, 6.07) is 8.08. The molecular weight excluding hydrogens is 238 g/mol. The van der Waals surface area contributed by atoms with E-state index in [0.717, 1.165) is 36.6 Å². The fourth-order valence-corrected chi connectivity index (χ4v) is 2.01. The van der Waals surface area contributed by atoms with Gasteiger partial charge in [0.25, 0.3) is 0 Å². The first-order valence-electron chi connectivity index (χ1n) is 6.63. The first-order valence-corrected chi connectivity index (χ1v) is 6.63. The number of nitrogens with one attached hydrogen (secondary N) is 1. The summed E-state index contributed by atoms with van der Waals surface area (Å²) in [7, 11) is 1.69. The van der Waals surface area contributed by atoms with Crippen LogP contribution >= 0.6 is 0 Å². The predicted octanol–water partition coefficient (Wildman–Crippen LogP) is 3.22. The number of aryl methyl sites for hydroxylation is 2. The number of aromatic nitrogens is 2. The van der Waals surface area contributed by atoms with Crippen LogP contribution in [-0.2, 0) is 13.1 Å². The molecule has 1 aromatic heterocycles. The van der Waals surface area contributed by atoms with Gasteiger partial charge >= 0.3 is 0 Å². The maximum atomic E-state index is 5.22. The average Bonchev–Trinajstić information content (AvgIpc) is 2.77. The largest absolute Gasteiger partial charge is 0.497 e. The van der Waals surface area contributed by atoms with Gasteiger partial charge in [-0.15, -0.1) is 0 Å². The standard InChI is InChI=1S/C15H21N3O/c1-4-8-18-11-15(12(2)17-18)16-10-13-6-5-7-14(9-13)19-3/h5-7,9,11,16H,4,8,10H2,1-3H3. The van der Waals surface area contributed by atoms with Gasteiger partial charge < -0.3 is 10.1 Å². The first kappa shape index (κ1) is 13.5. The molecule has 0 amide bonds. The fraction of sp³-hybridized carbons (Fsp3) is 0.400. The Morgan fingerprint density at radius 1 is 1.37 bits per heavy atom. The molecule has 0 spiro atoms. The van der Waals surface area contributed by atoms with E-state index in [1.807, 2.05) is 29.8 Å². The van der Waals surface area contributed by atoms with Crippen molar-refractivity contribution in [2.24, 2.45) is 0 Å². The van der Waals surface area contributed by atoms with Gasteiger partial charge in [-0.2, -0.15) is 5.10 Å². The minimum Gasteiger partial charge on any atom is -0.497 e. The molecule has 102 valence electrons. The van der Waals surface area contributed by atoms with Gasteiger partial charge in [-0.1, -0.05) is 19.1 Å². The van der Waals surface area contributed by atoms with Crippen LogP contribution < -0.4 is 10.1 Å². The molecule has 0 aliphatic heterocycles. The quantitative estimate of drug-likeness (QED) is 0.865. The van der Waals surface area contributed by atoms with Crippen molar-refractivity contribution < 1.29 is 4.74 Å². The predicted molar refractivity (Wildman–Crippen MR) is 77.6 cm³/mol. The summed E-state index contributed by atoms with van der Waals surface area (Å²) < 4.78 is 7.21. The van der Waals surface area contributed by atoms with Crippen molar-refractivity contribution in [2.45, 2.75) is 33.4 Å². The zero-order valence-electron chi connectivity index (χ0n) is 11.8. The van der Waals surface area contributed by atoms with Crippen molar-refractivity contribution in [1.82, 2.24) is 9.78 Å². The van der Waals surface area contributed by atoms with E-state index in [4.69, 9.17) is 4.74 Å². The highest BCUT2D eigenvalue weighted by Gasteiger charge is 2.04. The van der Waals surface area contributed by atoms with Gasteiger partial charge in [0, 0.05) is 19.3 Å². The Balaban J connectivity index is 2.01. The molecule has 19 heavy (non-hydrogen) atoms. The van der Waals surface area contributed by atoms with Crippen molar-refractivity contribution in [3.8, 4) is 5.75 Å². The molecule has 1 aromatic carbocycles. The highest BCUT2D eigenvalue weighted by Crippen LogP contribution is 2.16. The van der Waals surface area contributed by atoms with Crippen LogP contribution in [0.4, 0.5) is 5.69 Å². The Labute approximate surface area is 114 Å². The summed E-state index contributed by atoms with van der Waals surface area (Å²) in [5, 5.41) is 7.90. The molecular formula is C15H21N3O. The second-order valence-corrected chi connectivity index (χ2v) is 4.60. The van der Waals surface area contributed by atoms with Gasteiger partial charge in [-0.25, -0.2) is 0 Å². The third kappa shape index (κ3) is 3.50. The molecule has 2 aromatic rings. The number of benzene rings is 1. The maximum Gasteiger partial charge on any atom is 0.119 e. The fourth-order valence-electron chi connectivity index (χ4n) is 2.01. The van der Waals surface area contributed by atoms with Gasteiger partial charge in [0.15, 0.2) is 0 Å². The first-order chi connectivity index (χ1) is 9.22. The van der Waals surface area contributed by atoms with Crippen molar-refractivity contribution >= 4 is 5.69 Å². The van der Waals surface area contributed by atoms with Gasteiger partial charge in [-0.05, 0) is 31.0 Å². The molecule has 0 aliphatic carbocycles. The van der Waals surface area contributed by atoms with Gasteiger partial charge in [-0.3, -0.25) is 4.68 Å². The van der Waals surface area contributed by atoms with Crippen LogP contribution in [0.3, 0.4) is 0 Å². The Morgan fingerprint density at radius 2 is 2.21 bits per heavy atom. The Kier molecular flexibility index (Phi) is 4.44. The van der Waals surface area contributed by atoms with E-state index in [1.165, 1.54) is 5.56 Å². The highest BCUT2D eigenvalue weighted by molar-refractivity contribution is 5.46. The van der Waals surface area contributed by atoms with Gasteiger partial charge in [0.1, 0.15) is 5.75 Å². The molecule has 2 rings (SSSR count). The third-order valence-corrected chi connectivity index (χ3v) is 3.02. The molecule has 0 radical (unpaired) electrons. The zero-order valence-corrected chi connectivity index (χ0v) is 11.8. The van der Waals surface area contributed by atoms with Crippen LogP contribution in [-0.4, -0.2) is 16.9 Å². The summed E-state index contributed by atoms with van der Waals surface area (Å²) in [6.07, 6.45) is 3.16. The van der Waals surface area contributed by atoms with E-state index in [0.29, 0.717) is 0 Å².